The number of halogens is 3. The third-order valence-corrected chi connectivity index (χ3v) is 4.98. The third-order valence-electron chi connectivity index (χ3n) is 4.98. The summed E-state index contributed by atoms with van der Waals surface area (Å²) in [5.74, 6) is 0.218. The molecule has 0 atom stereocenters. The molecule has 2 amide bonds. The minimum absolute atomic E-state index is 0.218. The zero-order valence-electron chi connectivity index (χ0n) is 17.7. The minimum atomic E-state index is -4.44. The normalized spacial score (nSPS) is 11.3. The van der Waals surface area contributed by atoms with Crippen molar-refractivity contribution in [3.8, 4) is 11.1 Å². The number of anilines is 3. The first-order valence-corrected chi connectivity index (χ1v) is 10.2. The molecule has 5 N–H and O–H groups in total. The van der Waals surface area contributed by atoms with Gasteiger partial charge in [-0.25, -0.2) is 14.8 Å². The molecule has 0 fully saturated rings. The molecule has 4 aromatic rings. The van der Waals surface area contributed by atoms with E-state index in [4.69, 9.17) is 5.73 Å². The highest BCUT2D eigenvalue weighted by molar-refractivity contribution is 6.00. The highest BCUT2D eigenvalue weighted by atomic mass is 19.4. The van der Waals surface area contributed by atoms with Crippen LogP contribution in [0, 0.1) is 0 Å². The van der Waals surface area contributed by atoms with Gasteiger partial charge in [0.25, 0.3) is 0 Å². The fourth-order valence-electron chi connectivity index (χ4n) is 3.36. The number of nitrogens with zero attached hydrogens (tertiary/aromatic N) is 3. The van der Waals surface area contributed by atoms with E-state index in [9.17, 15) is 18.0 Å². The highest BCUT2D eigenvalue weighted by Gasteiger charge is 2.30. The second-order valence-electron chi connectivity index (χ2n) is 7.40. The van der Waals surface area contributed by atoms with Crippen LogP contribution in [-0.4, -0.2) is 26.2 Å². The number of carbonyl (C=O) groups excluding carboxylic acids is 1. The second-order valence-corrected chi connectivity index (χ2v) is 7.40. The Morgan fingerprint density at radius 1 is 1.00 bits per heavy atom. The summed E-state index contributed by atoms with van der Waals surface area (Å²) in [4.78, 5) is 20.4. The van der Waals surface area contributed by atoms with Crippen LogP contribution in [0.25, 0.3) is 11.1 Å². The number of carbonyl (C=O) groups is 1. The van der Waals surface area contributed by atoms with Crippen molar-refractivity contribution in [3.63, 3.8) is 0 Å². The first-order chi connectivity index (χ1) is 16.3. The van der Waals surface area contributed by atoms with Crippen LogP contribution in [0.3, 0.4) is 0 Å². The Morgan fingerprint density at radius 3 is 2.50 bits per heavy atom. The molecule has 0 bridgehead atoms. The molecular weight excluding hydrogens is 447 g/mol. The number of H-pyrrole nitrogens is 1. The summed E-state index contributed by atoms with van der Waals surface area (Å²) in [6, 6.07) is 12.6. The van der Waals surface area contributed by atoms with Crippen molar-refractivity contribution in [1.82, 2.24) is 20.2 Å². The van der Waals surface area contributed by atoms with Gasteiger partial charge in [0.05, 0.1) is 11.8 Å². The zero-order valence-corrected chi connectivity index (χ0v) is 17.7. The molecule has 0 radical (unpaired) electrons. The number of hydrogen-bond acceptors (Lipinski definition) is 5. The average Bonchev–Trinajstić information content (AvgIpc) is 3.26. The van der Waals surface area contributed by atoms with Crippen molar-refractivity contribution >= 4 is 23.4 Å². The van der Waals surface area contributed by atoms with Crippen LogP contribution in [0.1, 0.15) is 17.0 Å². The Balaban J connectivity index is 1.41. The Kier molecular flexibility index (Phi) is 6.44. The van der Waals surface area contributed by atoms with E-state index in [1.54, 1.807) is 36.7 Å². The average molecular weight is 467 g/mol. The lowest BCUT2D eigenvalue weighted by Crippen LogP contribution is -2.19. The molecule has 34 heavy (non-hydrogen) atoms. The highest BCUT2D eigenvalue weighted by Crippen LogP contribution is 2.30. The zero-order chi connectivity index (χ0) is 24.1. The summed E-state index contributed by atoms with van der Waals surface area (Å²) in [7, 11) is 0. The van der Waals surface area contributed by atoms with Gasteiger partial charge in [-0.15, -0.1) is 0 Å². The molecule has 0 spiro atoms. The van der Waals surface area contributed by atoms with Gasteiger partial charge in [-0.05, 0) is 60.9 Å². The summed E-state index contributed by atoms with van der Waals surface area (Å²) in [5, 5.41) is 12.3. The monoisotopic (exact) mass is 467 g/mol. The van der Waals surface area contributed by atoms with Crippen molar-refractivity contribution in [2.45, 2.75) is 19.0 Å². The maximum atomic E-state index is 12.7. The number of aromatic amines is 1. The third kappa shape index (κ3) is 5.68. The molecule has 11 heteroatoms. The molecule has 0 saturated heterocycles. The topological polar surface area (TPSA) is 122 Å². The molecule has 0 unspecified atom stereocenters. The quantitative estimate of drug-likeness (QED) is 0.321. The summed E-state index contributed by atoms with van der Waals surface area (Å²) < 4.78 is 38.1. The Bertz CT molecular complexity index is 1290. The van der Waals surface area contributed by atoms with Crippen LogP contribution in [0.4, 0.5) is 35.3 Å². The van der Waals surface area contributed by atoms with Crippen molar-refractivity contribution < 1.29 is 18.0 Å². The number of rotatable bonds is 6. The molecule has 0 aliphatic heterocycles. The number of aromatic nitrogens is 4. The summed E-state index contributed by atoms with van der Waals surface area (Å²) in [5.41, 5.74) is 9.00. The van der Waals surface area contributed by atoms with Gasteiger partial charge in [0.15, 0.2) is 0 Å². The first-order valence-electron chi connectivity index (χ1n) is 10.2. The van der Waals surface area contributed by atoms with Gasteiger partial charge < -0.3 is 16.4 Å². The number of urea groups is 1. The number of alkyl halides is 3. The van der Waals surface area contributed by atoms with Crippen LogP contribution >= 0.6 is 0 Å². The van der Waals surface area contributed by atoms with E-state index >= 15 is 0 Å². The minimum Gasteiger partial charge on any atom is -0.368 e. The van der Waals surface area contributed by atoms with Crippen molar-refractivity contribution in [3.05, 3.63) is 83.9 Å². The smallest absolute Gasteiger partial charge is 0.368 e. The van der Waals surface area contributed by atoms with Crippen molar-refractivity contribution in [1.29, 1.82) is 0 Å². The molecular formula is C23H20F3N7O. The van der Waals surface area contributed by atoms with E-state index in [2.05, 4.69) is 30.8 Å². The van der Waals surface area contributed by atoms with Crippen LogP contribution < -0.4 is 16.4 Å². The maximum absolute atomic E-state index is 12.7. The van der Waals surface area contributed by atoms with Gasteiger partial charge in [-0.1, -0.05) is 12.1 Å². The number of aryl methyl sites for hydroxylation is 2. The number of amides is 2. The van der Waals surface area contributed by atoms with Crippen molar-refractivity contribution in [2.24, 2.45) is 0 Å². The van der Waals surface area contributed by atoms with Gasteiger partial charge in [-0.3, -0.25) is 5.10 Å². The standard InChI is InChI=1S/C23H20F3N7O/c24-23(25,26)15-4-6-16(7-5-15)31-22(34)32-18-3-1-2-14(12-18)19-13-29-33-20(19)9-8-17-10-11-28-21(27)30-17/h1-7,10-13H,8-9H2,(H,29,33)(H2,27,28,30)(H2,31,32,34). The van der Waals surface area contributed by atoms with Gasteiger partial charge in [0.1, 0.15) is 0 Å². The Labute approximate surface area is 192 Å². The van der Waals surface area contributed by atoms with Gasteiger partial charge in [-0.2, -0.15) is 18.3 Å². The molecule has 4 rings (SSSR count). The molecule has 2 aromatic carbocycles. The van der Waals surface area contributed by atoms with Crippen molar-refractivity contribution in [2.75, 3.05) is 16.4 Å². The predicted octanol–water partition coefficient (Wildman–Crippen LogP) is 4.90. The van der Waals surface area contributed by atoms with Gasteiger partial charge in [0, 0.05) is 34.5 Å². The van der Waals surface area contributed by atoms with E-state index in [1.807, 2.05) is 6.07 Å². The lowest BCUT2D eigenvalue weighted by molar-refractivity contribution is -0.137. The molecule has 174 valence electrons. The molecule has 2 aromatic heterocycles. The van der Waals surface area contributed by atoms with E-state index < -0.39 is 17.8 Å². The number of benzene rings is 2. The number of nitrogens with two attached hydrogens (primary N) is 1. The lowest BCUT2D eigenvalue weighted by atomic mass is 10.0. The van der Waals surface area contributed by atoms with Crippen LogP contribution in [0.2, 0.25) is 0 Å². The molecule has 0 aliphatic rings. The SMILES string of the molecule is Nc1nccc(CCc2[nH]ncc2-c2cccc(NC(=O)Nc3ccc(C(F)(F)F)cc3)c2)n1. The first kappa shape index (κ1) is 22.8. The van der Waals surface area contributed by atoms with Crippen LogP contribution in [-0.2, 0) is 19.0 Å². The maximum Gasteiger partial charge on any atom is 0.416 e. The largest absolute Gasteiger partial charge is 0.416 e. The molecule has 0 saturated carbocycles. The molecule has 8 nitrogen and oxygen atoms in total. The summed E-state index contributed by atoms with van der Waals surface area (Å²) >= 11 is 0. The summed E-state index contributed by atoms with van der Waals surface area (Å²) in [6.45, 7) is 0. The molecule has 2 heterocycles. The predicted molar refractivity (Wildman–Crippen MR) is 122 cm³/mol. The van der Waals surface area contributed by atoms with E-state index in [-0.39, 0.29) is 11.6 Å². The fraction of sp³-hybridized carbons (Fsp3) is 0.130. The Morgan fingerprint density at radius 2 is 1.76 bits per heavy atom. The molecule has 0 aliphatic carbocycles. The van der Waals surface area contributed by atoms with Crippen LogP contribution in [0.5, 0.6) is 0 Å². The van der Waals surface area contributed by atoms with E-state index in [0.717, 1.165) is 34.6 Å². The van der Waals surface area contributed by atoms with E-state index in [0.29, 0.717) is 18.5 Å². The fourth-order valence-corrected chi connectivity index (χ4v) is 3.36. The van der Waals surface area contributed by atoms with Gasteiger partial charge in [0.2, 0.25) is 5.95 Å². The second kappa shape index (κ2) is 9.61. The number of hydrogen-bond donors (Lipinski definition) is 4. The van der Waals surface area contributed by atoms with E-state index in [1.165, 1.54) is 12.1 Å². The lowest BCUT2D eigenvalue weighted by Gasteiger charge is -2.11. The Hall–Kier alpha value is -4.41. The number of nitrogens with one attached hydrogen (secondary N) is 3. The number of nitrogen functional groups attached to an aromatic ring is 1. The van der Waals surface area contributed by atoms with Crippen LogP contribution in [0.15, 0.2) is 67.0 Å². The summed E-state index contributed by atoms with van der Waals surface area (Å²) in [6.07, 6.45) is 0.143. The van der Waals surface area contributed by atoms with Gasteiger partial charge >= 0.3 is 12.2 Å².